The van der Waals surface area contributed by atoms with Crippen molar-refractivity contribution in [1.29, 1.82) is 0 Å². The molecule has 0 aromatic carbocycles. The van der Waals surface area contributed by atoms with Gasteiger partial charge in [-0.05, 0) is 59.3 Å². The molecule has 2 fully saturated rings. The minimum Gasteiger partial charge on any atom is -0.357 e. The van der Waals surface area contributed by atoms with Gasteiger partial charge in [0.2, 0.25) is 0 Å². The summed E-state index contributed by atoms with van der Waals surface area (Å²) in [5.41, 5.74) is 0. The highest BCUT2D eigenvalue weighted by Crippen LogP contribution is 2.17. The lowest BCUT2D eigenvalue weighted by molar-refractivity contribution is 0.275. The first kappa shape index (κ1) is 17.5. The van der Waals surface area contributed by atoms with Crippen molar-refractivity contribution in [1.82, 2.24) is 20.4 Å². The number of aliphatic imine (C=N–C) groups is 1. The molecular weight excluding hydrogens is 274 g/mol. The minimum atomic E-state index is 0.638. The Balaban J connectivity index is 1.66. The van der Waals surface area contributed by atoms with Crippen LogP contribution in [-0.4, -0.2) is 74.7 Å². The smallest absolute Gasteiger partial charge is 0.191 e. The second-order valence-corrected chi connectivity index (χ2v) is 6.74. The zero-order chi connectivity index (χ0) is 15.6. The Kier molecular flexibility index (Phi) is 8.02. The third-order valence-electron chi connectivity index (χ3n) is 4.75. The van der Waals surface area contributed by atoms with Crippen LogP contribution in [0.5, 0.6) is 0 Å². The van der Waals surface area contributed by atoms with E-state index >= 15 is 0 Å². The van der Waals surface area contributed by atoms with Gasteiger partial charge in [-0.25, -0.2) is 0 Å². The zero-order valence-corrected chi connectivity index (χ0v) is 14.6. The van der Waals surface area contributed by atoms with Crippen LogP contribution >= 0.6 is 0 Å². The number of hydrogen-bond acceptors (Lipinski definition) is 3. The third kappa shape index (κ3) is 6.53. The van der Waals surface area contributed by atoms with Gasteiger partial charge < -0.3 is 20.4 Å². The average Bonchev–Trinajstić information content (AvgIpc) is 2.92. The van der Waals surface area contributed by atoms with E-state index in [0.29, 0.717) is 6.04 Å². The van der Waals surface area contributed by atoms with Crippen LogP contribution in [0.25, 0.3) is 0 Å². The molecule has 0 radical (unpaired) electrons. The number of hydrogen-bond donors (Lipinski definition) is 2. The van der Waals surface area contributed by atoms with Crippen molar-refractivity contribution in [2.75, 3.05) is 52.9 Å². The molecule has 2 N–H and O–H groups in total. The van der Waals surface area contributed by atoms with Gasteiger partial charge in [0.05, 0.1) is 0 Å². The van der Waals surface area contributed by atoms with E-state index in [4.69, 9.17) is 4.99 Å². The molecule has 22 heavy (non-hydrogen) atoms. The summed E-state index contributed by atoms with van der Waals surface area (Å²) >= 11 is 0. The van der Waals surface area contributed by atoms with E-state index in [9.17, 15) is 0 Å². The van der Waals surface area contributed by atoms with Crippen molar-refractivity contribution < 1.29 is 0 Å². The van der Waals surface area contributed by atoms with E-state index in [2.05, 4.69) is 34.4 Å². The topological polar surface area (TPSA) is 42.9 Å². The van der Waals surface area contributed by atoms with E-state index in [0.717, 1.165) is 25.5 Å². The van der Waals surface area contributed by atoms with Crippen molar-refractivity contribution in [3.63, 3.8) is 0 Å². The largest absolute Gasteiger partial charge is 0.357 e. The summed E-state index contributed by atoms with van der Waals surface area (Å²) in [5, 5.41) is 6.97. The number of rotatable bonds is 6. The van der Waals surface area contributed by atoms with Gasteiger partial charge in [-0.3, -0.25) is 4.99 Å². The number of likely N-dealkylation sites (N-methyl/N-ethyl adjacent to an activating group) is 1. The van der Waals surface area contributed by atoms with Gasteiger partial charge in [-0.2, -0.15) is 0 Å². The summed E-state index contributed by atoms with van der Waals surface area (Å²) < 4.78 is 0. The number of nitrogens with one attached hydrogen (secondary N) is 2. The summed E-state index contributed by atoms with van der Waals surface area (Å²) in [4.78, 5) is 9.79. The van der Waals surface area contributed by atoms with Gasteiger partial charge in [0.15, 0.2) is 5.96 Å². The number of guanidine groups is 1. The highest BCUT2D eigenvalue weighted by molar-refractivity contribution is 5.80. The fourth-order valence-electron chi connectivity index (χ4n) is 3.39. The first-order chi connectivity index (χ1) is 10.8. The second-order valence-electron chi connectivity index (χ2n) is 6.74. The standard InChI is InChI=1S/C17H35N5/c1-3-18-17(20-16-8-4-5-9-16)19-10-6-12-22-13-7-11-21(2)14-15-22/h16H,3-15H2,1-2H3,(H2,18,19,20). The molecule has 1 heterocycles. The highest BCUT2D eigenvalue weighted by Gasteiger charge is 2.16. The summed E-state index contributed by atoms with van der Waals surface area (Å²) in [6, 6.07) is 0.638. The van der Waals surface area contributed by atoms with Crippen LogP contribution < -0.4 is 10.6 Å². The van der Waals surface area contributed by atoms with Crippen molar-refractivity contribution in [2.45, 2.75) is 51.5 Å². The SMILES string of the molecule is CCNC(=NCCCN1CCCN(C)CC1)NC1CCCC1. The summed E-state index contributed by atoms with van der Waals surface area (Å²) in [5.74, 6) is 1.02. The van der Waals surface area contributed by atoms with Gasteiger partial charge in [-0.15, -0.1) is 0 Å². The summed E-state index contributed by atoms with van der Waals surface area (Å²) in [7, 11) is 2.23. The molecule has 1 saturated carbocycles. The van der Waals surface area contributed by atoms with Crippen molar-refractivity contribution in [3.05, 3.63) is 0 Å². The highest BCUT2D eigenvalue weighted by atomic mass is 15.2. The molecule has 0 amide bonds. The Morgan fingerprint density at radius 1 is 1.09 bits per heavy atom. The molecule has 128 valence electrons. The van der Waals surface area contributed by atoms with Gasteiger partial charge in [0.25, 0.3) is 0 Å². The first-order valence-electron chi connectivity index (χ1n) is 9.23. The van der Waals surface area contributed by atoms with Gasteiger partial charge in [-0.1, -0.05) is 12.8 Å². The van der Waals surface area contributed by atoms with Gasteiger partial charge in [0, 0.05) is 32.2 Å². The quantitative estimate of drug-likeness (QED) is 0.443. The molecule has 1 aliphatic heterocycles. The zero-order valence-electron chi connectivity index (χ0n) is 14.6. The molecule has 0 aromatic heterocycles. The van der Waals surface area contributed by atoms with Crippen LogP contribution in [0.3, 0.4) is 0 Å². The monoisotopic (exact) mass is 309 g/mol. The lowest BCUT2D eigenvalue weighted by Crippen LogP contribution is -2.42. The molecule has 0 bridgehead atoms. The Labute approximate surface area is 136 Å². The lowest BCUT2D eigenvalue weighted by Gasteiger charge is -2.20. The van der Waals surface area contributed by atoms with Gasteiger partial charge in [0.1, 0.15) is 0 Å². The Bertz CT molecular complexity index is 325. The Hall–Kier alpha value is -0.810. The van der Waals surface area contributed by atoms with Crippen LogP contribution in [0, 0.1) is 0 Å². The minimum absolute atomic E-state index is 0.638. The Morgan fingerprint density at radius 2 is 1.91 bits per heavy atom. The molecule has 5 nitrogen and oxygen atoms in total. The maximum Gasteiger partial charge on any atom is 0.191 e. The van der Waals surface area contributed by atoms with Crippen molar-refractivity contribution in [2.24, 2.45) is 4.99 Å². The predicted octanol–water partition coefficient (Wildman–Crippen LogP) is 1.51. The molecule has 0 unspecified atom stereocenters. The molecular formula is C17H35N5. The van der Waals surface area contributed by atoms with Crippen LogP contribution in [0.15, 0.2) is 4.99 Å². The maximum absolute atomic E-state index is 4.76. The van der Waals surface area contributed by atoms with Crippen LogP contribution in [0.2, 0.25) is 0 Å². The molecule has 1 aliphatic carbocycles. The molecule has 0 aromatic rings. The average molecular weight is 310 g/mol. The fourth-order valence-corrected chi connectivity index (χ4v) is 3.39. The van der Waals surface area contributed by atoms with E-state index in [1.54, 1.807) is 0 Å². The lowest BCUT2D eigenvalue weighted by atomic mass is 10.2. The normalized spacial score (nSPS) is 22.7. The number of nitrogens with zero attached hydrogens (tertiary/aromatic N) is 3. The van der Waals surface area contributed by atoms with E-state index < -0.39 is 0 Å². The third-order valence-corrected chi connectivity index (χ3v) is 4.75. The van der Waals surface area contributed by atoms with Crippen molar-refractivity contribution in [3.8, 4) is 0 Å². The summed E-state index contributed by atoms with van der Waals surface area (Å²) in [6.07, 6.45) is 7.77. The molecule has 2 rings (SSSR count). The fraction of sp³-hybridized carbons (Fsp3) is 0.941. The maximum atomic E-state index is 4.76. The molecule has 1 saturated heterocycles. The molecule has 2 aliphatic rings. The molecule has 5 heteroatoms. The van der Waals surface area contributed by atoms with Crippen molar-refractivity contribution >= 4 is 5.96 Å². The van der Waals surface area contributed by atoms with Crippen LogP contribution in [-0.2, 0) is 0 Å². The van der Waals surface area contributed by atoms with Crippen LogP contribution in [0.1, 0.15) is 45.4 Å². The molecule has 0 spiro atoms. The second kappa shape index (κ2) is 10.1. The first-order valence-corrected chi connectivity index (χ1v) is 9.23. The Morgan fingerprint density at radius 3 is 2.68 bits per heavy atom. The molecule has 0 atom stereocenters. The van der Waals surface area contributed by atoms with E-state index in [1.165, 1.54) is 64.8 Å². The van der Waals surface area contributed by atoms with E-state index in [-0.39, 0.29) is 0 Å². The summed E-state index contributed by atoms with van der Waals surface area (Å²) in [6.45, 7) is 10.1. The van der Waals surface area contributed by atoms with E-state index in [1.807, 2.05) is 0 Å². The van der Waals surface area contributed by atoms with Gasteiger partial charge >= 0.3 is 0 Å². The predicted molar refractivity (Wildman–Crippen MR) is 94.5 cm³/mol. The van der Waals surface area contributed by atoms with Crippen LogP contribution in [0.4, 0.5) is 0 Å².